The first kappa shape index (κ1) is 14.6. The second-order valence-corrected chi connectivity index (χ2v) is 6.41. The molecule has 0 bridgehead atoms. The van der Waals surface area contributed by atoms with Crippen molar-refractivity contribution in [3.8, 4) is 11.5 Å². The summed E-state index contributed by atoms with van der Waals surface area (Å²) < 4.78 is 39.4. The van der Waals surface area contributed by atoms with Crippen LogP contribution in [0.4, 0.5) is 9.83 Å². The van der Waals surface area contributed by atoms with E-state index in [9.17, 15) is 17.1 Å². The van der Waals surface area contributed by atoms with E-state index in [1.807, 2.05) is 0 Å². The first-order chi connectivity index (χ1) is 10.4. The van der Waals surface area contributed by atoms with Crippen LogP contribution in [-0.4, -0.2) is 36.6 Å². The van der Waals surface area contributed by atoms with Crippen LogP contribution in [0.25, 0.3) is 11.5 Å². The normalized spacial score (nSPS) is 18.9. The molecule has 22 heavy (non-hydrogen) atoms. The van der Waals surface area contributed by atoms with E-state index in [-0.39, 0.29) is 24.8 Å². The maximum atomic E-state index is 12.7. The van der Waals surface area contributed by atoms with Gasteiger partial charge in [-0.25, -0.2) is 9.97 Å². The van der Waals surface area contributed by atoms with Crippen LogP contribution in [0.1, 0.15) is 6.42 Å². The molecule has 1 amide bonds. The Kier molecular flexibility index (Phi) is 3.65. The molecule has 1 unspecified atom stereocenters. The topological polar surface area (TPSA) is 93.4 Å². The van der Waals surface area contributed by atoms with Gasteiger partial charge in [-0.3, -0.25) is 9.69 Å². The average molecular weight is 325 g/mol. The lowest BCUT2D eigenvalue weighted by Gasteiger charge is -2.14. The Morgan fingerprint density at radius 3 is 2.91 bits per heavy atom. The molecule has 0 saturated carbocycles. The Labute approximate surface area is 126 Å². The molecule has 0 spiro atoms. The number of carbonyl (C=O) groups is 1. The lowest BCUT2D eigenvalue weighted by molar-refractivity contribution is -0.117. The van der Waals surface area contributed by atoms with E-state index in [2.05, 4.69) is 9.97 Å². The average Bonchev–Trinajstić information content (AvgIpc) is 3.07. The van der Waals surface area contributed by atoms with Gasteiger partial charge < -0.3 is 4.42 Å². The van der Waals surface area contributed by atoms with Gasteiger partial charge in [0, 0.05) is 25.1 Å². The molecular formula is C13H12FN3O4S. The van der Waals surface area contributed by atoms with Crippen LogP contribution < -0.4 is 4.90 Å². The number of halogens is 1. The summed E-state index contributed by atoms with van der Waals surface area (Å²) in [6.45, 7) is 0.0730. The summed E-state index contributed by atoms with van der Waals surface area (Å²) in [5.74, 6) is -0.924. The first-order valence-corrected chi connectivity index (χ1v) is 8.07. The van der Waals surface area contributed by atoms with Gasteiger partial charge in [-0.15, -0.1) is 3.89 Å². The summed E-state index contributed by atoms with van der Waals surface area (Å²) in [5.41, 5.74) is 0.504. The van der Waals surface area contributed by atoms with Crippen LogP contribution in [0.15, 0.2) is 35.1 Å². The van der Waals surface area contributed by atoms with E-state index in [4.69, 9.17) is 4.42 Å². The third-order valence-corrected chi connectivity index (χ3v) is 4.17. The maximum absolute atomic E-state index is 12.7. The van der Waals surface area contributed by atoms with Crippen molar-refractivity contribution < 1.29 is 21.5 Å². The van der Waals surface area contributed by atoms with Gasteiger partial charge in [0.1, 0.15) is 5.69 Å². The van der Waals surface area contributed by atoms with Crippen molar-refractivity contribution in [3.63, 3.8) is 0 Å². The molecule has 1 fully saturated rings. The second-order valence-electron chi connectivity index (χ2n) is 5.00. The first-order valence-electron chi connectivity index (χ1n) is 6.52. The van der Waals surface area contributed by atoms with Crippen molar-refractivity contribution in [1.29, 1.82) is 0 Å². The molecule has 1 aliphatic heterocycles. The van der Waals surface area contributed by atoms with Crippen molar-refractivity contribution >= 4 is 22.1 Å². The molecule has 116 valence electrons. The third kappa shape index (κ3) is 3.14. The number of rotatable bonds is 4. The standard InChI is InChI=1S/C13H12FN3O4S/c14-22(19,20)8-9-6-12(18)17(7-9)13-15-4-3-10(16-13)11-2-1-5-21-11/h1-5,9H,6-8H2. The summed E-state index contributed by atoms with van der Waals surface area (Å²) in [4.78, 5) is 21.5. The van der Waals surface area contributed by atoms with E-state index >= 15 is 0 Å². The van der Waals surface area contributed by atoms with Gasteiger partial charge in [0.15, 0.2) is 5.76 Å². The Hall–Kier alpha value is -2.29. The fourth-order valence-corrected chi connectivity index (χ4v) is 3.19. The molecule has 1 saturated heterocycles. The minimum absolute atomic E-state index is 0.0442. The molecule has 0 radical (unpaired) electrons. The van der Waals surface area contributed by atoms with Crippen LogP contribution in [0, 0.1) is 5.92 Å². The predicted octanol–water partition coefficient (Wildman–Crippen LogP) is 1.39. The van der Waals surface area contributed by atoms with Crippen LogP contribution in [-0.2, 0) is 15.0 Å². The van der Waals surface area contributed by atoms with Crippen LogP contribution >= 0.6 is 0 Å². The van der Waals surface area contributed by atoms with E-state index in [1.165, 1.54) is 17.4 Å². The van der Waals surface area contributed by atoms with Gasteiger partial charge in [-0.1, -0.05) is 0 Å². The molecule has 3 heterocycles. The Morgan fingerprint density at radius 2 is 2.23 bits per heavy atom. The van der Waals surface area contributed by atoms with Gasteiger partial charge in [-0.05, 0) is 18.2 Å². The summed E-state index contributed by atoms with van der Waals surface area (Å²) in [7, 11) is -4.61. The van der Waals surface area contributed by atoms with E-state index in [0.29, 0.717) is 11.5 Å². The number of amides is 1. The lowest BCUT2D eigenvalue weighted by atomic mass is 10.1. The number of hydrogen-bond acceptors (Lipinski definition) is 6. The lowest BCUT2D eigenvalue weighted by Crippen LogP contribution is -2.27. The molecule has 1 atom stereocenters. The maximum Gasteiger partial charge on any atom is 0.302 e. The number of anilines is 1. The van der Waals surface area contributed by atoms with Gasteiger partial charge >= 0.3 is 10.2 Å². The fourth-order valence-electron chi connectivity index (χ4n) is 2.41. The molecule has 2 aromatic rings. The minimum Gasteiger partial charge on any atom is -0.463 e. The summed E-state index contributed by atoms with van der Waals surface area (Å²) in [6, 6.07) is 5.06. The number of hydrogen-bond donors (Lipinski definition) is 0. The number of furan rings is 1. The fraction of sp³-hybridized carbons (Fsp3) is 0.308. The number of nitrogens with zero attached hydrogens (tertiary/aromatic N) is 3. The monoisotopic (exact) mass is 325 g/mol. The van der Waals surface area contributed by atoms with Crippen LogP contribution in [0.3, 0.4) is 0 Å². The van der Waals surface area contributed by atoms with Gasteiger partial charge in [0.25, 0.3) is 0 Å². The Morgan fingerprint density at radius 1 is 1.41 bits per heavy atom. The zero-order chi connectivity index (χ0) is 15.7. The summed E-state index contributed by atoms with van der Waals surface area (Å²) >= 11 is 0. The largest absolute Gasteiger partial charge is 0.463 e. The Balaban J connectivity index is 1.83. The summed E-state index contributed by atoms with van der Waals surface area (Å²) in [6.07, 6.45) is 2.93. The highest BCUT2D eigenvalue weighted by molar-refractivity contribution is 7.86. The van der Waals surface area contributed by atoms with Crippen molar-refractivity contribution in [2.24, 2.45) is 5.92 Å². The van der Waals surface area contributed by atoms with Crippen LogP contribution in [0.5, 0.6) is 0 Å². The summed E-state index contributed by atoms with van der Waals surface area (Å²) in [5, 5.41) is 0. The Bertz CT molecular complexity index is 791. The third-order valence-electron chi connectivity index (χ3n) is 3.30. The quantitative estimate of drug-likeness (QED) is 0.789. The molecule has 2 aromatic heterocycles. The van der Waals surface area contributed by atoms with Crippen LogP contribution in [0.2, 0.25) is 0 Å². The van der Waals surface area contributed by atoms with Crippen molar-refractivity contribution in [2.75, 3.05) is 17.2 Å². The number of carbonyl (C=O) groups excluding carboxylic acids is 1. The SMILES string of the molecule is O=C1CC(CS(=O)(=O)F)CN1c1nccc(-c2ccco2)n1. The number of aromatic nitrogens is 2. The zero-order valence-corrected chi connectivity index (χ0v) is 12.2. The molecule has 7 nitrogen and oxygen atoms in total. The van der Waals surface area contributed by atoms with Crippen molar-refractivity contribution in [3.05, 3.63) is 30.7 Å². The van der Waals surface area contributed by atoms with Crippen molar-refractivity contribution in [1.82, 2.24) is 9.97 Å². The van der Waals surface area contributed by atoms with Gasteiger partial charge in [0.05, 0.1) is 12.0 Å². The van der Waals surface area contributed by atoms with Gasteiger partial charge in [0.2, 0.25) is 11.9 Å². The van der Waals surface area contributed by atoms with Crippen molar-refractivity contribution in [2.45, 2.75) is 6.42 Å². The van der Waals surface area contributed by atoms with E-state index < -0.39 is 21.9 Å². The molecule has 0 N–H and O–H groups in total. The molecule has 0 aromatic carbocycles. The zero-order valence-electron chi connectivity index (χ0n) is 11.3. The van der Waals surface area contributed by atoms with E-state index in [1.54, 1.807) is 18.2 Å². The molecule has 1 aliphatic rings. The second kappa shape index (κ2) is 5.48. The smallest absolute Gasteiger partial charge is 0.302 e. The van der Waals surface area contributed by atoms with Gasteiger partial charge in [-0.2, -0.15) is 8.42 Å². The highest BCUT2D eigenvalue weighted by Gasteiger charge is 2.35. The molecule has 0 aliphatic carbocycles. The highest BCUT2D eigenvalue weighted by atomic mass is 32.3. The predicted molar refractivity (Wildman–Crippen MR) is 75.1 cm³/mol. The highest BCUT2D eigenvalue weighted by Crippen LogP contribution is 2.25. The molecular weight excluding hydrogens is 313 g/mol. The minimum atomic E-state index is -4.61. The molecule has 9 heteroatoms. The van der Waals surface area contributed by atoms with E-state index in [0.717, 1.165) is 0 Å². The molecule has 3 rings (SSSR count).